The minimum atomic E-state index is -0.870. The number of amides is 3. The molecule has 0 spiro atoms. The maximum atomic E-state index is 12.0. The Morgan fingerprint density at radius 2 is 1.77 bits per heavy atom. The van der Waals surface area contributed by atoms with Crippen LogP contribution in [0.3, 0.4) is 0 Å². The van der Waals surface area contributed by atoms with Crippen molar-refractivity contribution in [1.82, 2.24) is 10.7 Å². The second-order valence-corrected chi connectivity index (χ2v) is 7.27. The van der Waals surface area contributed by atoms with Crippen molar-refractivity contribution < 1.29 is 19.1 Å². The van der Waals surface area contributed by atoms with Crippen LogP contribution >= 0.6 is 23.2 Å². The van der Waals surface area contributed by atoms with Gasteiger partial charge in [-0.3, -0.25) is 14.4 Å². The van der Waals surface area contributed by atoms with Gasteiger partial charge in [-0.2, -0.15) is 5.10 Å². The van der Waals surface area contributed by atoms with Crippen molar-refractivity contribution >= 4 is 52.8 Å². The highest BCUT2D eigenvalue weighted by molar-refractivity contribution is 6.35. The fourth-order valence-electron chi connectivity index (χ4n) is 2.20. The summed E-state index contributed by atoms with van der Waals surface area (Å²) < 4.78 is 5.46. The second-order valence-electron chi connectivity index (χ2n) is 6.39. The van der Waals surface area contributed by atoms with Crippen LogP contribution in [0, 0.1) is 0 Å². The van der Waals surface area contributed by atoms with Gasteiger partial charge in [0.05, 0.1) is 6.21 Å². The first-order valence-electron chi connectivity index (χ1n) is 8.85. The Bertz CT molecular complexity index is 943. The number of hydrazone groups is 1. The summed E-state index contributed by atoms with van der Waals surface area (Å²) in [5, 5.41) is 9.63. The Balaban J connectivity index is 1.87. The molecule has 3 amide bonds. The van der Waals surface area contributed by atoms with Crippen molar-refractivity contribution in [3.8, 4) is 5.75 Å². The van der Waals surface area contributed by atoms with Crippen LogP contribution in [-0.4, -0.2) is 36.6 Å². The molecule has 0 saturated carbocycles. The summed E-state index contributed by atoms with van der Waals surface area (Å²) >= 11 is 11.8. The van der Waals surface area contributed by atoms with Crippen molar-refractivity contribution in [2.24, 2.45) is 5.10 Å². The fourth-order valence-corrected chi connectivity index (χ4v) is 2.73. The average Bonchev–Trinajstić information content (AvgIpc) is 2.65. The molecule has 0 bridgehead atoms. The first kappa shape index (κ1) is 23.2. The van der Waals surface area contributed by atoms with Crippen molar-refractivity contribution in [2.75, 3.05) is 11.9 Å². The zero-order chi connectivity index (χ0) is 22.1. The standard InChI is InChI=1S/C20H20Cl2N4O4/c1-12(2)24-19(28)20(29)26-23-10-13-4-3-5-17(6-13)30-11-18(27)25-16-8-14(21)7-15(22)9-16/h3-10,12H,11H2,1-2H3,(H,24,28)(H,25,27)(H,26,29)/b23-10-. The highest BCUT2D eigenvalue weighted by atomic mass is 35.5. The van der Waals surface area contributed by atoms with Gasteiger partial charge in [0, 0.05) is 21.8 Å². The summed E-state index contributed by atoms with van der Waals surface area (Å²) in [6, 6.07) is 11.2. The van der Waals surface area contributed by atoms with E-state index >= 15 is 0 Å². The Morgan fingerprint density at radius 1 is 1.07 bits per heavy atom. The number of ether oxygens (including phenoxy) is 1. The molecule has 2 aromatic carbocycles. The molecule has 0 unspecified atom stereocenters. The van der Waals surface area contributed by atoms with E-state index in [2.05, 4.69) is 21.2 Å². The van der Waals surface area contributed by atoms with Gasteiger partial charge in [-0.25, -0.2) is 5.43 Å². The molecule has 0 fully saturated rings. The SMILES string of the molecule is CC(C)NC(=O)C(=O)N/N=C\c1cccc(OCC(=O)Nc2cc(Cl)cc(Cl)c2)c1. The number of carbonyl (C=O) groups excluding carboxylic acids is 3. The monoisotopic (exact) mass is 450 g/mol. The topological polar surface area (TPSA) is 109 Å². The summed E-state index contributed by atoms with van der Waals surface area (Å²) in [5.74, 6) is -1.62. The van der Waals surface area contributed by atoms with E-state index in [0.29, 0.717) is 27.0 Å². The van der Waals surface area contributed by atoms with Gasteiger partial charge in [0.1, 0.15) is 5.75 Å². The number of rotatable bonds is 7. The highest BCUT2D eigenvalue weighted by Gasteiger charge is 2.13. The molecular formula is C20H20Cl2N4O4. The van der Waals surface area contributed by atoms with Gasteiger partial charge in [-0.15, -0.1) is 0 Å². The van der Waals surface area contributed by atoms with Gasteiger partial charge in [0.2, 0.25) is 0 Å². The van der Waals surface area contributed by atoms with E-state index in [1.165, 1.54) is 6.21 Å². The molecular weight excluding hydrogens is 431 g/mol. The highest BCUT2D eigenvalue weighted by Crippen LogP contribution is 2.22. The fraction of sp³-hybridized carbons (Fsp3) is 0.200. The summed E-state index contributed by atoms with van der Waals surface area (Å²) in [6.45, 7) is 3.24. The third-order valence-electron chi connectivity index (χ3n) is 3.38. The zero-order valence-corrected chi connectivity index (χ0v) is 17.8. The van der Waals surface area contributed by atoms with E-state index in [1.54, 1.807) is 56.3 Å². The van der Waals surface area contributed by atoms with Crippen LogP contribution < -0.4 is 20.8 Å². The van der Waals surface area contributed by atoms with Gasteiger partial charge < -0.3 is 15.4 Å². The lowest BCUT2D eigenvalue weighted by molar-refractivity contribution is -0.139. The number of anilines is 1. The van der Waals surface area contributed by atoms with Crippen LogP contribution in [0.1, 0.15) is 19.4 Å². The molecule has 0 aliphatic rings. The number of benzene rings is 2. The molecule has 0 heterocycles. The lowest BCUT2D eigenvalue weighted by Crippen LogP contribution is -2.41. The maximum Gasteiger partial charge on any atom is 0.329 e. The maximum absolute atomic E-state index is 12.0. The van der Waals surface area contributed by atoms with Gasteiger partial charge in [-0.05, 0) is 49.7 Å². The van der Waals surface area contributed by atoms with Gasteiger partial charge in [0.25, 0.3) is 5.91 Å². The van der Waals surface area contributed by atoms with Gasteiger partial charge >= 0.3 is 11.8 Å². The van der Waals surface area contributed by atoms with Gasteiger partial charge in [0.15, 0.2) is 6.61 Å². The van der Waals surface area contributed by atoms with E-state index in [4.69, 9.17) is 27.9 Å². The third-order valence-corrected chi connectivity index (χ3v) is 3.82. The van der Waals surface area contributed by atoms with Crippen LogP contribution in [0.5, 0.6) is 5.75 Å². The predicted octanol–water partition coefficient (Wildman–Crippen LogP) is 2.99. The molecule has 3 N–H and O–H groups in total. The molecule has 30 heavy (non-hydrogen) atoms. The van der Waals surface area contributed by atoms with Crippen LogP contribution in [-0.2, 0) is 14.4 Å². The Hall–Kier alpha value is -3.10. The molecule has 2 aromatic rings. The lowest BCUT2D eigenvalue weighted by Gasteiger charge is -2.09. The van der Waals surface area contributed by atoms with Crippen molar-refractivity contribution in [2.45, 2.75) is 19.9 Å². The van der Waals surface area contributed by atoms with Crippen LogP contribution in [0.2, 0.25) is 10.0 Å². The summed E-state index contributed by atoms with van der Waals surface area (Å²) in [5.41, 5.74) is 3.19. The molecule has 0 saturated heterocycles. The smallest absolute Gasteiger partial charge is 0.329 e. The van der Waals surface area contributed by atoms with Crippen molar-refractivity contribution in [3.05, 3.63) is 58.1 Å². The molecule has 0 aliphatic heterocycles. The van der Waals surface area contributed by atoms with Crippen molar-refractivity contribution in [1.29, 1.82) is 0 Å². The molecule has 8 nitrogen and oxygen atoms in total. The zero-order valence-electron chi connectivity index (χ0n) is 16.2. The number of hydrogen-bond acceptors (Lipinski definition) is 5. The molecule has 0 atom stereocenters. The summed E-state index contributed by atoms with van der Waals surface area (Å²) in [6.07, 6.45) is 1.35. The largest absolute Gasteiger partial charge is 0.484 e. The van der Waals surface area contributed by atoms with Crippen molar-refractivity contribution in [3.63, 3.8) is 0 Å². The van der Waals surface area contributed by atoms with E-state index in [1.807, 2.05) is 0 Å². The molecule has 0 aliphatic carbocycles. The average molecular weight is 451 g/mol. The minimum absolute atomic E-state index is 0.158. The number of hydrogen-bond donors (Lipinski definition) is 3. The third kappa shape index (κ3) is 8.10. The molecule has 2 rings (SSSR count). The number of nitrogens with one attached hydrogen (secondary N) is 3. The van der Waals surface area contributed by atoms with E-state index in [9.17, 15) is 14.4 Å². The number of halogens is 2. The normalized spacial score (nSPS) is 10.7. The lowest BCUT2D eigenvalue weighted by atomic mass is 10.2. The molecule has 158 valence electrons. The van der Waals surface area contributed by atoms with E-state index in [-0.39, 0.29) is 12.6 Å². The predicted molar refractivity (Wildman–Crippen MR) is 116 cm³/mol. The Labute approximate surface area is 183 Å². The van der Waals surface area contributed by atoms with Crippen LogP contribution in [0.4, 0.5) is 5.69 Å². The first-order valence-corrected chi connectivity index (χ1v) is 9.61. The second kappa shape index (κ2) is 11.2. The summed E-state index contributed by atoms with van der Waals surface area (Å²) in [4.78, 5) is 35.1. The van der Waals surface area contributed by atoms with E-state index in [0.717, 1.165) is 0 Å². The summed E-state index contributed by atoms with van der Waals surface area (Å²) in [7, 11) is 0. The Kier molecular flexibility index (Phi) is 8.64. The first-order chi connectivity index (χ1) is 14.2. The van der Waals surface area contributed by atoms with Crippen LogP contribution in [0.25, 0.3) is 0 Å². The molecule has 10 heteroatoms. The minimum Gasteiger partial charge on any atom is -0.484 e. The molecule has 0 aromatic heterocycles. The number of nitrogens with zero attached hydrogens (tertiary/aromatic N) is 1. The van der Waals surface area contributed by atoms with Crippen LogP contribution in [0.15, 0.2) is 47.6 Å². The molecule has 0 radical (unpaired) electrons. The van der Waals surface area contributed by atoms with Gasteiger partial charge in [-0.1, -0.05) is 35.3 Å². The number of carbonyl (C=O) groups is 3. The van der Waals surface area contributed by atoms with E-state index < -0.39 is 17.7 Å². The Morgan fingerprint density at radius 3 is 2.43 bits per heavy atom. The quantitative estimate of drug-likeness (QED) is 0.342.